The molecule has 1 aromatic carbocycles. The van der Waals surface area contributed by atoms with Crippen LogP contribution in [0, 0.1) is 0 Å². The van der Waals surface area contributed by atoms with Crippen LogP contribution < -0.4 is 11.1 Å². The van der Waals surface area contributed by atoms with E-state index in [2.05, 4.69) is 12.2 Å². The third-order valence-electron chi connectivity index (χ3n) is 2.48. The van der Waals surface area contributed by atoms with Gasteiger partial charge in [-0.1, -0.05) is 18.2 Å². The first-order valence-electron chi connectivity index (χ1n) is 5.47. The molecule has 15 heavy (non-hydrogen) atoms. The molecular weight excluding hydrogens is 188 g/mol. The molecule has 0 aromatic heterocycles. The first-order valence-corrected chi connectivity index (χ1v) is 5.47. The van der Waals surface area contributed by atoms with Gasteiger partial charge in [-0.15, -0.1) is 0 Å². The monoisotopic (exact) mass is 208 g/mol. The number of hydrogen-bond donors (Lipinski definition) is 3. The number of hydrogen-bond acceptors (Lipinski definition) is 3. The van der Waals surface area contributed by atoms with Crippen molar-refractivity contribution in [3.05, 3.63) is 29.8 Å². The molecule has 1 aromatic rings. The highest BCUT2D eigenvalue weighted by atomic mass is 16.3. The summed E-state index contributed by atoms with van der Waals surface area (Å²) in [5, 5.41) is 13.0. The predicted octanol–water partition coefficient (Wildman–Crippen LogP) is 1.78. The van der Waals surface area contributed by atoms with Gasteiger partial charge in [-0.2, -0.15) is 0 Å². The maximum absolute atomic E-state index is 9.62. The van der Waals surface area contributed by atoms with E-state index < -0.39 is 0 Å². The highest BCUT2D eigenvalue weighted by Crippen LogP contribution is 2.22. The molecule has 1 atom stereocenters. The fourth-order valence-electron chi connectivity index (χ4n) is 1.55. The van der Waals surface area contributed by atoms with Gasteiger partial charge in [0.15, 0.2) is 0 Å². The summed E-state index contributed by atoms with van der Waals surface area (Å²) in [6, 6.07) is 7.61. The Kier molecular flexibility index (Phi) is 5.15. The Morgan fingerprint density at radius 2 is 2.07 bits per heavy atom. The van der Waals surface area contributed by atoms with Gasteiger partial charge in [0.1, 0.15) is 5.75 Å². The van der Waals surface area contributed by atoms with E-state index in [0.717, 1.165) is 31.5 Å². The predicted molar refractivity (Wildman–Crippen MR) is 62.8 cm³/mol. The Morgan fingerprint density at radius 3 is 2.73 bits per heavy atom. The van der Waals surface area contributed by atoms with E-state index in [9.17, 15) is 5.11 Å². The number of aromatic hydroxyl groups is 1. The van der Waals surface area contributed by atoms with Gasteiger partial charge in [-0.25, -0.2) is 0 Å². The number of phenolic OH excluding ortho intramolecular Hbond substituents is 1. The van der Waals surface area contributed by atoms with Crippen molar-refractivity contribution in [3.8, 4) is 5.75 Å². The number of rotatable bonds is 6. The quantitative estimate of drug-likeness (QED) is 0.625. The van der Waals surface area contributed by atoms with E-state index in [1.54, 1.807) is 6.07 Å². The van der Waals surface area contributed by atoms with Crippen LogP contribution in [0.5, 0.6) is 5.75 Å². The maximum Gasteiger partial charge on any atom is 0.120 e. The lowest BCUT2D eigenvalue weighted by Gasteiger charge is -2.15. The van der Waals surface area contributed by atoms with Crippen LogP contribution in [0.25, 0.3) is 0 Å². The topological polar surface area (TPSA) is 58.3 Å². The molecule has 3 heteroatoms. The standard InChI is InChI=1S/C12H20N2O/c1-10(14-9-5-4-8-13)11-6-2-3-7-12(11)15/h2-3,6-7,10,14-15H,4-5,8-9,13H2,1H3. The highest BCUT2D eigenvalue weighted by molar-refractivity contribution is 5.33. The zero-order valence-corrected chi connectivity index (χ0v) is 9.24. The van der Waals surface area contributed by atoms with E-state index >= 15 is 0 Å². The molecule has 0 aliphatic rings. The molecule has 0 amide bonds. The minimum atomic E-state index is 0.184. The number of phenols is 1. The number of benzene rings is 1. The molecular formula is C12H20N2O. The first-order chi connectivity index (χ1) is 7.25. The van der Waals surface area contributed by atoms with Crippen LogP contribution in [0.2, 0.25) is 0 Å². The molecule has 0 saturated heterocycles. The molecule has 1 rings (SSSR count). The Hall–Kier alpha value is -1.06. The van der Waals surface area contributed by atoms with Gasteiger partial charge >= 0.3 is 0 Å². The molecule has 3 nitrogen and oxygen atoms in total. The number of nitrogens with one attached hydrogen (secondary N) is 1. The molecule has 84 valence electrons. The van der Waals surface area contributed by atoms with Gasteiger partial charge in [0.05, 0.1) is 0 Å². The molecule has 0 saturated carbocycles. The molecule has 0 bridgehead atoms. The zero-order chi connectivity index (χ0) is 11.1. The van der Waals surface area contributed by atoms with Gasteiger partial charge < -0.3 is 16.2 Å². The van der Waals surface area contributed by atoms with Gasteiger partial charge in [0.25, 0.3) is 0 Å². The van der Waals surface area contributed by atoms with Crippen LogP contribution in [0.4, 0.5) is 0 Å². The SMILES string of the molecule is CC(NCCCCN)c1ccccc1O. The average Bonchev–Trinajstić information content (AvgIpc) is 2.25. The minimum absolute atomic E-state index is 0.184. The lowest BCUT2D eigenvalue weighted by Crippen LogP contribution is -2.20. The average molecular weight is 208 g/mol. The van der Waals surface area contributed by atoms with E-state index in [4.69, 9.17) is 5.73 Å². The van der Waals surface area contributed by atoms with Crippen molar-refractivity contribution in [2.24, 2.45) is 5.73 Å². The van der Waals surface area contributed by atoms with Gasteiger partial charge in [-0.05, 0) is 38.9 Å². The second-order valence-corrected chi connectivity index (χ2v) is 3.73. The van der Waals surface area contributed by atoms with Crippen LogP contribution in [-0.4, -0.2) is 18.2 Å². The third-order valence-corrected chi connectivity index (χ3v) is 2.48. The van der Waals surface area contributed by atoms with Crippen LogP contribution in [0.1, 0.15) is 31.4 Å². The Labute approximate surface area is 91.3 Å². The molecule has 1 unspecified atom stereocenters. The fraction of sp³-hybridized carbons (Fsp3) is 0.500. The van der Waals surface area contributed by atoms with Crippen molar-refractivity contribution < 1.29 is 5.11 Å². The summed E-state index contributed by atoms with van der Waals surface area (Å²) < 4.78 is 0. The van der Waals surface area contributed by atoms with Crippen LogP contribution >= 0.6 is 0 Å². The third kappa shape index (κ3) is 3.90. The van der Waals surface area contributed by atoms with Crippen molar-refractivity contribution in [1.82, 2.24) is 5.32 Å². The van der Waals surface area contributed by atoms with Crippen molar-refractivity contribution >= 4 is 0 Å². The summed E-state index contributed by atoms with van der Waals surface area (Å²) in [7, 11) is 0. The molecule has 0 aliphatic heterocycles. The molecule has 0 fully saturated rings. The summed E-state index contributed by atoms with van der Waals surface area (Å²) in [5.74, 6) is 0.358. The first kappa shape index (κ1) is 12.0. The van der Waals surface area contributed by atoms with Crippen molar-refractivity contribution in [2.75, 3.05) is 13.1 Å². The summed E-state index contributed by atoms with van der Waals surface area (Å²) in [4.78, 5) is 0. The van der Waals surface area contributed by atoms with Crippen LogP contribution in [-0.2, 0) is 0 Å². The summed E-state index contributed by atoms with van der Waals surface area (Å²) in [5.41, 5.74) is 6.36. The van der Waals surface area contributed by atoms with E-state index in [1.807, 2.05) is 18.2 Å². The molecule has 0 aliphatic carbocycles. The smallest absolute Gasteiger partial charge is 0.120 e. The van der Waals surface area contributed by atoms with Crippen LogP contribution in [0.15, 0.2) is 24.3 Å². The number of unbranched alkanes of at least 4 members (excludes halogenated alkanes) is 1. The van der Waals surface area contributed by atoms with Crippen molar-refractivity contribution in [1.29, 1.82) is 0 Å². The lowest BCUT2D eigenvalue weighted by atomic mass is 10.1. The maximum atomic E-state index is 9.62. The number of nitrogens with two attached hydrogens (primary N) is 1. The largest absolute Gasteiger partial charge is 0.508 e. The minimum Gasteiger partial charge on any atom is -0.508 e. The van der Waals surface area contributed by atoms with Crippen molar-refractivity contribution in [3.63, 3.8) is 0 Å². The van der Waals surface area contributed by atoms with Crippen molar-refractivity contribution in [2.45, 2.75) is 25.8 Å². The van der Waals surface area contributed by atoms with E-state index in [1.165, 1.54) is 0 Å². The molecule has 4 N–H and O–H groups in total. The molecule has 0 spiro atoms. The molecule has 0 heterocycles. The van der Waals surface area contributed by atoms with Gasteiger partial charge in [0.2, 0.25) is 0 Å². The Balaban J connectivity index is 2.40. The second-order valence-electron chi connectivity index (χ2n) is 3.73. The van der Waals surface area contributed by atoms with Crippen LogP contribution in [0.3, 0.4) is 0 Å². The summed E-state index contributed by atoms with van der Waals surface area (Å²) in [6.07, 6.45) is 2.12. The summed E-state index contributed by atoms with van der Waals surface area (Å²) >= 11 is 0. The Morgan fingerprint density at radius 1 is 1.33 bits per heavy atom. The van der Waals surface area contributed by atoms with Gasteiger partial charge in [0, 0.05) is 11.6 Å². The zero-order valence-electron chi connectivity index (χ0n) is 9.24. The van der Waals surface area contributed by atoms with E-state index in [0.29, 0.717) is 5.75 Å². The highest BCUT2D eigenvalue weighted by Gasteiger charge is 2.07. The Bertz CT molecular complexity index is 289. The summed E-state index contributed by atoms with van der Waals surface area (Å²) in [6.45, 7) is 3.73. The lowest BCUT2D eigenvalue weighted by molar-refractivity contribution is 0.451. The molecule has 0 radical (unpaired) electrons. The normalized spacial score (nSPS) is 12.7. The van der Waals surface area contributed by atoms with Gasteiger partial charge in [-0.3, -0.25) is 0 Å². The number of para-hydroxylation sites is 1. The van der Waals surface area contributed by atoms with E-state index in [-0.39, 0.29) is 6.04 Å². The fourth-order valence-corrected chi connectivity index (χ4v) is 1.55. The second kappa shape index (κ2) is 6.43.